The van der Waals surface area contributed by atoms with Crippen molar-refractivity contribution in [3.05, 3.63) is 29.3 Å². The van der Waals surface area contributed by atoms with E-state index in [1.165, 1.54) is 0 Å². The van der Waals surface area contributed by atoms with Crippen molar-refractivity contribution in [1.29, 1.82) is 0 Å². The van der Waals surface area contributed by atoms with Gasteiger partial charge in [-0.1, -0.05) is 11.6 Å². The fraction of sp³-hybridized carbons (Fsp3) is 0.600. The van der Waals surface area contributed by atoms with Crippen molar-refractivity contribution < 1.29 is 14.6 Å². The molecule has 4 nitrogen and oxygen atoms in total. The summed E-state index contributed by atoms with van der Waals surface area (Å²) in [5, 5.41) is 13.6. The smallest absolute Gasteiger partial charge is 0.124 e. The Morgan fingerprint density at radius 1 is 1.32 bits per heavy atom. The van der Waals surface area contributed by atoms with Crippen LogP contribution in [0.5, 0.6) is 5.75 Å². The van der Waals surface area contributed by atoms with Gasteiger partial charge in [-0.2, -0.15) is 0 Å². The Balaban J connectivity index is 2.57. The minimum atomic E-state index is -0.570. The Morgan fingerprint density at radius 2 is 2.05 bits per heavy atom. The molecule has 4 heteroatoms. The minimum absolute atomic E-state index is 0.311. The third kappa shape index (κ3) is 5.19. The van der Waals surface area contributed by atoms with Crippen molar-refractivity contribution in [3.63, 3.8) is 0 Å². The van der Waals surface area contributed by atoms with E-state index in [-0.39, 0.29) is 0 Å². The summed E-state index contributed by atoms with van der Waals surface area (Å²) < 4.78 is 10.3. The van der Waals surface area contributed by atoms with Gasteiger partial charge in [-0.05, 0) is 32.4 Å². The van der Waals surface area contributed by atoms with Gasteiger partial charge in [-0.25, -0.2) is 0 Å². The van der Waals surface area contributed by atoms with Crippen LogP contribution in [0.4, 0.5) is 0 Å². The van der Waals surface area contributed by atoms with Crippen LogP contribution in [0, 0.1) is 6.92 Å². The molecule has 2 atom stereocenters. The number of methoxy groups -OCH3 is 2. The summed E-state index contributed by atoms with van der Waals surface area (Å²) in [6.45, 7) is 5.31. The number of aryl methyl sites for hydroxylation is 1. The maximum Gasteiger partial charge on any atom is 0.124 e. The number of aliphatic hydroxyl groups excluding tert-OH is 1. The van der Waals surface area contributed by atoms with Gasteiger partial charge in [0.2, 0.25) is 0 Å². The molecule has 0 aliphatic rings. The summed E-state index contributed by atoms with van der Waals surface area (Å²) in [6, 6.07) is 6.14. The number of aliphatic hydroxyl groups is 1. The molecule has 0 heterocycles. The zero-order valence-electron chi connectivity index (χ0n) is 12.3. The molecule has 1 aromatic carbocycles. The molecule has 0 aliphatic heterocycles. The highest BCUT2D eigenvalue weighted by molar-refractivity contribution is 5.38. The molecule has 2 unspecified atom stereocenters. The number of ether oxygens (including phenoxy) is 2. The van der Waals surface area contributed by atoms with Crippen LogP contribution in [-0.2, 0) is 4.74 Å². The Hall–Kier alpha value is -1.10. The van der Waals surface area contributed by atoms with Gasteiger partial charge in [0, 0.05) is 31.9 Å². The molecule has 1 rings (SSSR count). The van der Waals surface area contributed by atoms with Gasteiger partial charge in [0.05, 0.1) is 13.2 Å². The van der Waals surface area contributed by atoms with Gasteiger partial charge < -0.3 is 19.9 Å². The molecule has 2 N–H and O–H groups in total. The van der Waals surface area contributed by atoms with E-state index in [2.05, 4.69) is 12.2 Å². The van der Waals surface area contributed by atoms with Crippen LogP contribution in [0.1, 0.15) is 30.6 Å². The number of benzene rings is 1. The second-order valence-corrected chi connectivity index (χ2v) is 4.85. The summed E-state index contributed by atoms with van der Waals surface area (Å²) >= 11 is 0. The topological polar surface area (TPSA) is 50.7 Å². The molecule has 0 aliphatic carbocycles. The van der Waals surface area contributed by atoms with Gasteiger partial charge in [0.1, 0.15) is 5.75 Å². The van der Waals surface area contributed by atoms with E-state index in [0.717, 1.165) is 29.9 Å². The van der Waals surface area contributed by atoms with Crippen LogP contribution in [0.2, 0.25) is 0 Å². The summed E-state index contributed by atoms with van der Waals surface area (Å²) in [6.07, 6.45) is 0.355. The van der Waals surface area contributed by atoms with Crippen LogP contribution in [-0.4, -0.2) is 38.5 Å². The maximum atomic E-state index is 10.3. The summed E-state index contributed by atoms with van der Waals surface area (Å²) in [4.78, 5) is 0. The quantitative estimate of drug-likeness (QED) is 0.757. The first-order chi connectivity index (χ1) is 9.08. The van der Waals surface area contributed by atoms with Crippen LogP contribution >= 0.6 is 0 Å². The number of hydrogen-bond acceptors (Lipinski definition) is 4. The van der Waals surface area contributed by atoms with Crippen LogP contribution in [0.3, 0.4) is 0 Å². The predicted molar refractivity (Wildman–Crippen MR) is 76.6 cm³/mol. The van der Waals surface area contributed by atoms with Crippen molar-refractivity contribution in [2.24, 2.45) is 0 Å². The Kier molecular flexibility index (Phi) is 6.84. The van der Waals surface area contributed by atoms with E-state index in [9.17, 15) is 5.11 Å². The molecular formula is C15H25NO3. The van der Waals surface area contributed by atoms with Gasteiger partial charge in [0.25, 0.3) is 0 Å². The van der Waals surface area contributed by atoms with Gasteiger partial charge in [0.15, 0.2) is 0 Å². The van der Waals surface area contributed by atoms with E-state index >= 15 is 0 Å². The Morgan fingerprint density at radius 3 is 2.68 bits per heavy atom. The lowest BCUT2D eigenvalue weighted by atomic mass is 10.0. The molecule has 0 radical (unpaired) electrons. The molecule has 0 amide bonds. The molecule has 0 saturated carbocycles. The molecule has 19 heavy (non-hydrogen) atoms. The Labute approximate surface area is 115 Å². The van der Waals surface area contributed by atoms with E-state index < -0.39 is 6.10 Å². The van der Waals surface area contributed by atoms with Gasteiger partial charge in [-0.3, -0.25) is 0 Å². The van der Waals surface area contributed by atoms with Crippen molar-refractivity contribution in [2.45, 2.75) is 32.4 Å². The molecule has 0 saturated heterocycles. The van der Waals surface area contributed by atoms with E-state index in [1.807, 2.05) is 25.1 Å². The zero-order valence-corrected chi connectivity index (χ0v) is 12.3. The average Bonchev–Trinajstić information content (AvgIpc) is 2.42. The largest absolute Gasteiger partial charge is 0.496 e. The van der Waals surface area contributed by atoms with Crippen molar-refractivity contribution in [2.75, 3.05) is 27.4 Å². The SMILES string of the molecule is COCCC(C)NCC(O)c1cc(C)ccc1OC. The fourth-order valence-corrected chi connectivity index (χ4v) is 1.93. The predicted octanol–water partition coefficient (Wildman–Crippen LogP) is 2.05. The Bertz CT molecular complexity index is 382. The van der Waals surface area contributed by atoms with E-state index in [4.69, 9.17) is 9.47 Å². The second-order valence-electron chi connectivity index (χ2n) is 4.85. The minimum Gasteiger partial charge on any atom is -0.496 e. The first kappa shape index (κ1) is 16.0. The first-order valence-corrected chi connectivity index (χ1v) is 6.63. The monoisotopic (exact) mass is 267 g/mol. The molecule has 0 fully saturated rings. The lowest BCUT2D eigenvalue weighted by molar-refractivity contribution is 0.155. The standard InChI is InChI=1S/C15H25NO3/c1-11-5-6-15(19-4)13(9-11)14(17)10-16-12(2)7-8-18-3/h5-6,9,12,14,16-17H,7-8,10H2,1-4H3. The summed E-state index contributed by atoms with van der Waals surface area (Å²) in [5.41, 5.74) is 1.94. The second kappa shape index (κ2) is 8.15. The normalized spacial score (nSPS) is 14.2. The third-order valence-electron chi connectivity index (χ3n) is 3.16. The highest BCUT2D eigenvalue weighted by atomic mass is 16.5. The molecule has 0 aromatic heterocycles. The maximum absolute atomic E-state index is 10.3. The van der Waals surface area contributed by atoms with Crippen molar-refractivity contribution in [3.8, 4) is 5.75 Å². The molecule has 0 bridgehead atoms. The van der Waals surface area contributed by atoms with Crippen LogP contribution < -0.4 is 10.1 Å². The number of hydrogen-bond donors (Lipinski definition) is 2. The molecular weight excluding hydrogens is 242 g/mol. The zero-order chi connectivity index (χ0) is 14.3. The third-order valence-corrected chi connectivity index (χ3v) is 3.16. The highest BCUT2D eigenvalue weighted by Gasteiger charge is 2.14. The lowest BCUT2D eigenvalue weighted by Crippen LogP contribution is -2.31. The van der Waals surface area contributed by atoms with Crippen molar-refractivity contribution in [1.82, 2.24) is 5.32 Å². The van der Waals surface area contributed by atoms with Crippen molar-refractivity contribution >= 4 is 0 Å². The summed E-state index contributed by atoms with van der Waals surface area (Å²) in [5.74, 6) is 0.726. The van der Waals surface area contributed by atoms with Gasteiger partial charge in [-0.15, -0.1) is 0 Å². The highest BCUT2D eigenvalue weighted by Crippen LogP contribution is 2.25. The number of nitrogens with one attached hydrogen (secondary N) is 1. The lowest BCUT2D eigenvalue weighted by Gasteiger charge is -2.19. The number of rotatable bonds is 8. The summed E-state index contributed by atoms with van der Waals surface area (Å²) in [7, 11) is 3.31. The van der Waals surface area contributed by atoms with Gasteiger partial charge >= 0.3 is 0 Å². The van der Waals surface area contributed by atoms with E-state index in [0.29, 0.717) is 12.6 Å². The van der Waals surface area contributed by atoms with Crippen LogP contribution in [0.25, 0.3) is 0 Å². The first-order valence-electron chi connectivity index (χ1n) is 6.63. The molecule has 108 valence electrons. The van der Waals surface area contributed by atoms with E-state index in [1.54, 1.807) is 14.2 Å². The molecule has 1 aromatic rings. The average molecular weight is 267 g/mol. The molecule has 0 spiro atoms. The van der Waals surface area contributed by atoms with Crippen LogP contribution in [0.15, 0.2) is 18.2 Å². The fourth-order valence-electron chi connectivity index (χ4n) is 1.93.